The van der Waals surface area contributed by atoms with Gasteiger partial charge in [0.05, 0.1) is 12.5 Å². The molecule has 0 aliphatic heterocycles. The van der Waals surface area contributed by atoms with Crippen LogP contribution in [-0.4, -0.2) is 12.6 Å². The molecule has 0 spiro atoms. The molecule has 0 aliphatic carbocycles. The summed E-state index contributed by atoms with van der Waals surface area (Å²) in [4.78, 5) is 13.5. The molecule has 2 heteroatoms. The molecule has 0 saturated heterocycles. The Morgan fingerprint density at radius 1 is 0.605 bits per heavy atom. The average molecular weight is 537 g/mol. The van der Waals surface area contributed by atoms with Gasteiger partial charge in [0.1, 0.15) is 0 Å². The van der Waals surface area contributed by atoms with Gasteiger partial charge in [0, 0.05) is 0 Å². The number of carbonyl (C=O) groups excluding carboxylic acids is 1. The topological polar surface area (TPSA) is 26.3 Å². The Balaban J connectivity index is 5.05. The van der Waals surface area contributed by atoms with Crippen molar-refractivity contribution in [3.05, 3.63) is 0 Å². The predicted molar refractivity (Wildman–Crippen MR) is 170 cm³/mol. The van der Waals surface area contributed by atoms with E-state index >= 15 is 0 Å². The van der Waals surface area contributed by atoms with Gasteiger partial charge in [-0.2, -0.15) is 0 Å². The molecule has 228 valence electrons. The van der Waals surface area contributed by atoms with Crippen LogP contribution in [-0.2, 0) is 9.53 Å². The van der Waals surface area contributed by atoms with Crippen molar-refractivity contribution in [2.75, 3.05) is 6.61 Å². The summed E-state index contributed by atoms with van der Waals surface area (Å²) in [5, 5.41) is 0. The first-order valence-corrected chi connectivity index (χ1v) is 17.0. The molecule has 0 rings (SSSR count). The summed E-state index contributed by atoms with van der Waals surface area (Å²) < 4.78 is 6.19. The van der Waals surface area contributed by atoms with E-state index in [1.807, 2.05) is 0 Å². The molecule has 0 saturated carbocycles. The number of hydrogen-bond donors (Lipinski definition) is 0. The van der Waals surface area contributed by atoms with Crippen LogP contribution >= 0.6 is 0 Å². The summed E-state index contributed by atoms with van der Waals surface area (Å²) in [5.74, 6) is 1.65. The molecule has 0 heterocycles. The van der Waals surface area contributed by atoms with Crippen molar-refractivity contribution < 1.29 is 9.53 Å². The normalized spacial score (nSPS) is 15.0. The third-order valence-corrected chi connectivity index (χ3v) is 8.25. The second-order valence-corrected chi connectivity index (χ2v) is 15.4. The highest BCUT2D eigenvalue weighted by atomic mass is 16.5. The van der Waals surface area contributed by atoms with E-state index in [4.69, 9.17) is 4.74 Å². The largest absolute Gasteiger partial charge is 0.465 e. The summed E-state index contributed by atoms with van der Waals surface area (Å²) >= 11 is 0. The monoisotopic (exact) mass is 537 g/mol. The van der Waals surface area contributed by atoms with Gasteiger partial charge in [-0.3, -0.25) is 4.79 Å². The zero-order valence-corrected chi connectivity index (χ0v) is 28.1. The highest BCUT2D eigenvalue weighted by Gasteiger charge is 2.31. The van der Waals surface area contributed by atoms with E-state index in [1.165, 1.54) is 96.3 Å². The molecule has 2 nitrogen and oxygen atoms in total. The molecule has 0 aromatic heterocycles. The molecule has 0 fully saturated rings. The summed E-state index contributed by atoms with van der Waals surface area (Å²) in [6, 6.07) is 0. The molecule has 0 N–H and O–H groups in total. The molecule has 3 unspecified atom stereocenters. The Labute approximate surface area is 241 Å². The first-order chi connectivity index (χ1) is 17.8. The van der Waals surface area contributed by atoms with Crippen molar-refractivity contribution in [3.63, 3.8) is 0 Å². The summed E-state index contributed by atoms with van der Waals surface area (Å²) in [7, 11) is 0. The third-order valence-electron chi connectivity index (χ3n) is 8.25. The fourth-order valence-electron chi connectivity index (χ4n) is 6.40. The maximum Gasteiger partial charge on any atom is 0.309 e. The standard InChI is InChI=1S/C36H72O2/c1-11-13-15-17-19-21-23-32(24-22-20-18-16-14-12-2)29-38-34(37)33(31(4)28-36(8,9)10)26-25-30(3)27-35(5,6)7/h30-33H,11-29H2,1-10H3. The van der Waals surface area contributed by atoms with Gasteiger partial charge >= 0.3 is 5.97 Å². The minimum absolute atomic E-state index is 0.0281. The third kappa shape index (κ3) is 22.3. The van der Waals surface area contributed by atoms with Crippen molar-refractivity contribution in [1.29, 1.82) is 0 Å². The van der Waals surface area contributed by atoms with Crippen LogP contribution in [0, 0.1) is 34.5 Å². The van der Waals surface area contributed by atoms with E-state index in [9.17, 15) is 4.79 Å². The molecule has 0 aromatic carbocycles. The molecular weight excluding hydrogens is 464 g/mol. The number of rotatable bonds is 23. The van der Waals surface area contributed by atoms with Crippen LogP contribution in [0.4, 0.5) is 0 Å². The van der Waals surface area contributed by atoms with Crippen LogP contribution in [0.1, 0.15) is 185 Å². The molecule has 0 radical (unpaired) electrons. The molecule has 0 amide bonds. The smallest absolute Gasteiger partial charge is 0.309 e. The molecule has 0 aromatic rings. The van der Waals surface area contributed by atoms with Crippen LogP contribution < -0.4 is 0 Å². The van der Waals surface area contributed by atoms with Gasteiger partial charge in [0.25, 0.3) is 0 Å². The minimum Gasteiger partial charge on any atom is -0.465 e. The molecular formula is C36H72O2. The van der Waals surface area contributed by atoms with Gasteiger partial charge in [-0.05, 0) is 67.1 Å². The van der Waals surface area contributed by atoms with E-state index in [0.29, 0.717) is 29.8 Å². The Bertz CT molecular complexity index is 537. The molecule has 0 aliphatic rings. The van der Waals surface area contributed by atoms with E-state index in [-0.39, 0.29) is 17.3 Å². The van der Waals surface area contributed by atoms with Crippen molar-refractivity contribution in [1.82, 2.24) is 0 Å². The van der Waals surface area contributed by atoms with Crippen molar-refractivity contribution >= 4 is 5.97 Å². The zero-order chi connectivity index (χ0) is 29.0. The van der Waals surface area contributed by atoms with Gasteiger partial charge in [-0.1, -0.05) is 146 Å². The molecule has 0 bridgehead atoms. The highest BCUT2D eigenvalue weighted by Crippen LogP contribution is 2.34. The van der Waals surface area contributed by atoms with Crippen molar-refractivity contribution in [2.24, 2.45) is 34.5 Å². The lowest BCUT2D eigenvalue weighted by Crippen LogP contribution is -2.29. The fourth-order valence-corrected chi connectivity index (χ4v) is 6.40. The lowest BCUT2D eigenvalue weighted by Gasteiger charge is -2.30. The maximum atomic E-state index is 13.5. The zero-order valence-electron chi connectivity index (χ0n) is 28.1. The Hall–Kier alpha value is -0.530. The van der Waals surface area contributed by atoms with Crippen LogP contribution in [0.3, 0.4) is 0 Å². The summed E-state index contributed by atoms with van der Waals surface area (Å²) in [5.41, 5.74) is 0.569. The van der Waals surface area contributed by atoms with E-state index in [2.05, 4.69) is 69.2 Å². The Morgan fingerprint density at radius 2 is 1.05 bits per heavy atom. The fraction of sp³-hybridized carbons (Fsp3) is 0.972. The van der Waals surface area contributed by atoms with Crippen molar-refractivity contribution in [3.8, 4) is 0 Å². The second-order valence-electron chi connectivity index (χ2n) is 15.4. The predicted octanol–water partition coefficient (Wildman–Crippen LogP) is 12.2. The Morgan fingerprint density at radius 3 is 1.50 bits per heavy atom. The van der Waals surface area contributed by atoms with Gasteiger partial charge in [-0.25, -0.2) is 0 Å². The number of hydrogen-bond acceptors (Lipinski definition) is 2. The number of unbranched alkanes of at least 4 members (excludes halogenated alkanes) is 10. The van der Waals surface area contributed by atoms with Gasteiger partial charge < -0.3 is 4.74 Å². The van der Waals surface area contributed by atoms with Crippen LogP contribution in [0.25, 0.3) is 0 Å². The van der Waals surface area contributed by atoms with E-state index < -0.39 is 0 Å². The SMILES string of the molecule is CCCCCCCCC(CCCCCCCC)COC(=O)C(CCC(C)CC(C)(C)C)C(C)CC(C)(C)C. The minimum atomic E-state index is 0.0281. The highest BCUT2D eigenvalue weighted by molar-refractivity contribution is 5.72. The Kier molecular flexibility index (Phi) is 21.0. The van der Waals surface area contributed by atoms with Crippen LogP contribution in [0.5, 0.6) is 0 Å². The van der Waals surface area contributed by atoms with Gasteiger partial charge in [-0.15, -0.1) is 0 Å². The quantitative estimate of drug-likeness (QED) is 0.0958. The molecule has 38 heavy (non-hydrogen) atoms. The van der Waals surface area contributed by atoms with E-state index in [1.54, 1.807) is 0 Å². The van der Waals surface area contributed by atoms with Crippen LogP contribution in [0.2, 0.25) is 0 Å². The number of carbonyl (C=O) groups is 1. The van der Waals surface area contributed by atoms with Crippen molar-refractivity contribution in [2.45, 2.75) is 185 Å². The first-order valence-electron chi connectivity index (χ1n) is 17.0. The average Bonchev–Trinajstić information content (AvgIpc) is 2.79. The number of ether oxygens (including phenoxy) is 1. The second kappa shape index (κ2) is 21.2. The maximum absolute atomic E-state index is 13.5. The summed E-state index contributed by atoms with van der Waals surface area (Å²) in [6.07, 6.45) is 22.8. The summed E-state index contributed by atoms with van der Waals surface area (Å²) in [6.45, 7) is 23.7. The van der Waals surface area contributed by atoms with Gasteiger partial charge in [0.15, 0.2) is 0 Å². The van der Waals surface area contributed by atoms with E-state index in [0.717, 1.165) is 19.3 Å². The number of esters is 1. The van der Waals surface area contributed by atoms with Crippen LogP contribution in [0.15, 0.2) is 0 Å². The molecule has 3 atom stereocenters. The lowest BCUT2D eigenvalue weighted by molar-refractivity contribution is -0.152. The lowest BCUT2D eigenvalue weighted by atomic mass is 9.76. The first kappa shape index (κ1) is 37.5. The van der Waals surface area contributed by atoms with Gasteiger partial charge in [0.2, 0.25) is 0 Å².